The maximum atomic E-state index is 11.9. The minimum atomic E-state index is -0.513. The minimum Gasteiger partial charge on any atom is -0.492 e. The van der Waals surface area contributed by atoms with Crippen molar-refractivity contribution < 1.29 is 19.0 Å². The van der Waals surface area contributed by atoms with E-state index in [0.717, 1.165) is 0 Å². The molecule has 2 aromatic rings. The number of pyridine rings is 1. The van der Waals surface area contributed by atoms with Gasteiger partial charge in [0.1, 0.15) is 5.52 Å². The van der Waals surface area contributed by atoms with Gasteiger partial charge in [0.15, 0.2) is 17.3 Å². The average Bonchev–Trinajstić information content (AvgIpc) is 3.02. The molecule has 0 unspecified atom stereocenters. The molecule has 0 atom stereocenters. The molecule has 0 spiro atoms. The number of esters is 1. The average molecular weight is 292 g/mol. The molecule has 0 saturated carbocycles. The summed E-state index contributed by atoms with van der Waals surface area (Å²) in [6, 6.07) is 0. The van der Waals surface area contributed by atoms with Gasteiger partial charge >= 0.3 is 5.97 Å². The lowest BCUT2D eigenvalue weighted by atomic mass is 10.2. The van der Waals surface area contributed by atoms with Crippen molar-refractivity contribution in [1.82, 2.24) is 15.2 Å². The van der Waals surface area contributed by atoms with E-state index >= 15 is 0 Å². The molecule has 0 radical (unpaired) electrons. The zero-order valence-electron chi connectivity index (χ0n) is 11.9. The molecule has 8 heteroatoms. The van der Waals surface area contributed by atoms with Crippen molar-refractivity contribution in [3.63, 3.8) is 0 Å². The predicted molar refractivity (Wildman–Crippen MR) is 74.8 cm³/mol. The maximum absolute atomic E-state index is 11.9. The summed E-state index contributed by atoms with van der Waals surface area (Å²) in [5.74, 6) is 0.685. The Labute approximate surface area is 121 Å². The van der Waals surface area contributed by atoms with Gasteiger partial charge in [-0.15, -0.1) is 0 Å². The predicted octanol–water partition coefficient (Wildman–Crippen LogP) is 0.590. The number of morpholine rings is 1. The van der Waals surface area contributed by atoms with Crippen LogP contribution in [0, 0.1) is 0 Å². The lowest BCUT2D eigenvalue weighted by Crippen LogP contribution is -2.37. The number of carbonyl (C=O) groups is 1. The highest BCUT2D eigenvalue weighted by Gasteiger charge is 2.25. The summed E-state index contributed by atoms with van der Waals surface area (Å²) >= 11 is 0. The fourth-order valence-electron chi connectivity index (χ4n) is 2.41. The van der Waals surface area contributed by atoms with Crippen LogP contribution in [0.5, 0.6) is 5.75 Å². The topological polar surface area (TPSA) is 89.6 Å². The Bertz CT molecular complexity index is 663. The molecule has 112 valence electrons. The van der Waals surface area contributed by atoms with Crippen LogP contribution in [0.3, 0.4) is 0 Å². The molecule has 1 aliphatic rings. The molecule has 2 aromatic heterocycles. The van der Waals surface area contributed by atoms with Crippen LogP contribution < -0.4 is 9.64 Å². The number of nitrogens with one attached hydrogen (secondary N) is 1. The number of methoxy groups -OCH3 is 2. The first kappa shape index (κ1) is 13.6. The lowest BCUT2D eigenvalue weighted by Gasteiger charge is -2.29. The van der Waals surface area contributed by atoms with Crippen LogP contribution in [0.1, 0.15) is 10.5 Å². The van der Waals surface area contributed by atoms with Crippen molar-refractivity contribution in [2.24, 2.45) is 0 Å². The summed E-state index contributed by atoms with van der Waals surface area (Å²) in [7, 11) is 2.90. The zero-order chi connectivity index (χ0) is 14.8. The fraction of sp³-hybridized carbons (Fsp3) is 0.462. The summed E-state index contributed by atoms with van der Waals surface area (Å²) in [4.78, 5) is 18.4. The second kappa shape index (κ2) is 5.57. The molecule has 0 bridgehead atoms. The van der Waals surface area contributed by atoms with Gasteiger partial charge < -0.3 is 19.1 Å². The quantitative estimate of drug-likeness (QED) is 0.828. The van der Waals surface area contributed by atoms with Gasteiger partial charge in [0, 0.05) is 13.1 Å². The molecule has 0 aliphatic carbocycles. The number of nitrogens with zero attached hydrogens (tertiary/aromatic N) is 3. The van der Waals surface area contributed by atoms with E-state index in [1.165, 1.54) is 7.11 Å². The van der Waals surface area contributed by atoms with E-state index in [-0.39, 0.29) is 5.69 Å². The summed E-state index contributed by atoms with van der Waals surface area (Å²) in [5.41, 5.74) is 0.711. The first-order chi connectivity index (χ1) is 10.3. The van der Waals surface area contributed by atoms with Crippen LogP contribution in [-0.2, 0) is 9.47 Å². The molecule has 0 aromatic carbocycles. The second-order valence-electron chi connectivity index (χ2n) is 4.57. The third kappa shape index (κ3) is 2.27. The number of ether oxygens (including phenoxy) is 3. The van der Waals surface area contributed by atoms with Crippen molar-refractivity contribution >= 4 is 22.7 Å². The molecule has 3 heterocycles. The Kier molecular flexibility index (Phi) is 3.61. The highest BCUT2D eigenvalue weighted by molar-refractivity contribution is 6.04. The Morgan fingerprint density at radius 2 is 2.14 bits per heavy atom. The SMILES string of the molecule is COC(=O)c1nc(N2CCOCC2)c(OC)c2cn[nH]c12. The number of carbonyl (C=O) groups excluding carboxylic acids is 1. The molecular formula is C13H16N4O4. The van der Waals surface area contributed by atoms with Gasteiger partial charge in [0.2, 0.25) is 0 Å². The molecule has 1 N–H and O–H groups in total. The number of H-pyrrole nitrogens is 1. The first-order valence-electron chi connectivity index (χ1n) is 6.58. The van der Waals surface area contributed by atoms with Gasteiger partial charge in [0.05, 0.1) is 39.0 Å². The van der Waals surface area contributed by atoms with Gasteiger partial charge in [-0.1, -0.05) is 0 Å². The number of aromatic nitrogens is 3. The summed E-state index contributed by atoms with van der Waals surface area (Å²) in [6.45, 7) is 2.60. The second-order valence-corrected chi connectivity index (χ2v) is 4.57. The van der Waals surface area contributed by atoms with Crippen molar-refractivity contribution in [1.29, 1.82) is 0 Å². The molecule has 21 heavy (non-hydrogen) atoms. The standard InChI is InChI=1S/C13H16N4O4/c1-19-11-8-7-14-16-9(8)10(13(18)20-2)15-12(11)17-3-5-21-6-4-17/h7H,3-6H2,1-2H3,(H,14,16). The smallest absolute Gasteiger partial charge is 0.359 e. The summed E-state index contributed by atoms with van der Waals surface area (Å²) in [5, 5.41) is 7.45. The van der Waals surface area contributed by atoms with Gasteiger partial charge in [-0.2, -0.15) is 5.10 Å². The van der Waals surface area contributed by atoms with E-state index in [2.05, 4.69) is 15.2 Å². The molecule has 1 saturated heterocycles. The van der Waals surface area contributed by atoms with E-state index < -0.39 is 5.97 Å². The number of aromatic amines is 1. The fourth-order valence-corrected chi connectivity index (χ4v) is 2.41. The summed E-state index contributed by atoms with van der Waals surface area (Å²) in [6.07, 6.45) is 1.62. The number of fused-ring (bicyclic) bond motifs is 1. The molecule has 8 nitrogen and oxygen atoms in total. The number of rotatable bonds is 3. The van der Waals surface area contributed by atoms with E-state index in [9.17, 15) is 4.79 Å². The van der Waals surface area contributed by atoms with Crippen LogP contribution in [0.25, 0.3) is 10.9 Å². The third-order valence-electron chi connectivity index (χ3n) is 3.44. The Morgan fingerprint density at radius 1 is 1.38 bits per heavy atom. The molecular weight excluding hydrogens is 276 g/mol. The Morgan fingerprint density at radius 3 is 2.81 bits per heavy atom. The lowest BCUT2D eigenvalue weighted by molar-refractivity contribution is 0.0596. The van der Waals surface area contributed by atoms with Crippen molar-refractivity contribution in [2.45, 2.75) is 0 Å². The number of hydrogen-bond acceptors (Lipinski definition) is 7. The maximum Gasteiger partial charge on any atom is 0.359 e. The molecule has 0 amide bonds. The van der Waals surface area contributed by atoms with Gasteiger partial charge in [-0.3, -0.25) is 5.10 Å². The van der Waals surface area contributed by atoms with Crippen LogP contribution in [0.15, 0.2) is 6.20 Å². The summed E-state index contributed by atoms with van der Waals surface area (Å²) < 4.78 is 15.6. The highest BCUT2D eigenvalue weighted by Crippen LogP contribution is 2.35. The third-order valence-corrected chi connectivity index (χ3v) is 3.44. The molecule has 1 aliphatic heterocycles. The monoisotopic (exact) mass is 292 g/mol. The van der Waals surface area contributed by atoms with E-state index in [1.54, 1.807) is 13.3 Å². The minimum absolute atomic E-state index is 0.201. The number of hydrogen-bond donors (Lipinski definition) is 1. The zero-order valence-corrected chi connectivity index (χ0v) is 11.9. The van der Waals surface area contributed by atoms with Gasteiger partial charge in [-0.05, 0) is 0 Å². The van der Waals surface area contributed by atoms with Crippen LogP contribution in [0.2, 0.25) is 0 Å². The number of anilines is 1. The molecule has 3 rings (SSSR count). The Hall–Kier alpha value is -2.35. The molecule has 1 fully saturated rings. The normalized spacial score (nSPS) is 15.2. The largest absolute Gasteiger partial charge is 0.492 e. The highest BCUT2D eigenvalue weighted by atomic mass is 16.5. The van der Waals surface area contributed by atoms with E-state index in [4.69, 9.17) is 14.2 Å². The van der Waals surface area contributed by atoms with Crippen LogP contribution in [0.4, 0.5) is 5.82 Å². The Balaban J connectivity index is 2.19. The van der Waals surface area contributed by atoms with Gasteiger partial charge in [0.25, 0.3) is 0 Å². The van der Waals surface area contributed by atoms with Gasteiger partial charge in [-0.25, -0.2) is 9.78 Å². The van der Waals surface area contributed by atoms with Crippen molar-refractivity contribution in [3.05, 3.63) is 11.9 Å². The first-order valence-corrected chi connectivity index (χ1v) is 6.58. The van der Waals surface area contributed by atoms with E-state index in [0.29, 0.717) is 48.8 Å². The van der Waals surface area contributed by atoms with Crippen LogP contribution in [-0.4, -0.2) is 61.7 Å². The van der Waals surface area contributed by atoms with E-state index in [1.807, 2.05) is 4.90 Å². The van der Waals surface area contributed by atoms with Crippen molar-refractivity contribution in [3.8, 4) is 5.75 Å². The van der Waals surface area contributed by atoms with Crippen molar-refractivity contribution in [2.75, 3.05) is 45.4 Å². The van der Waals surface area contributed by atoms with Crippen LogP contribution >= 0.6 is 0 Å².